The van der Waals surface area contributed by atoms with E-state index in [9.17, 15) is 20.1 Å². The highest BCUT2D eigenvalue weighted by molar-refractivity contribution is 9.10. The Morgan fingerprint density at radius 3 is 2.54 bits per heavy atom. The molecule has 9 heteroatoms. The third kappa shape index (κ3) is 6.78. The van der Waals surface area contributed by atoms with Crippen LogP contribution in [0.1, 0.15) is 55.6 Å². The second-order valence-electron chi connectivity index (χ2n) is 9.46. The average molecular weight is 563 g/mol. The topological polar surface area (TPSA) is 117 Å². The van der Waals surface area contributed by atoms with Crippen molar-refractivity contribution in [1.82, 2.24) is 9.88 Å². The van der Waals surface area contributed by atoms with Gasteiger partial charge < -0.3 is 14.8 Å². The molecule has 0 fully saturated rings. The molecule has 0 unspecified atom stereocenters. The SMILES string of the molecule is COc1ccc(C#N)cc1C=C(C#N)c1cn(C(=O)C[C@H](C)NC(=O)OC(C)(C)C)c2ccc(Br)cc12. The van der Waals surface area contributed by atoms with E-state index >= 15 is 0 Å². The van der Waals surface area contributed by atoms with E-state index < -0.39 is 17.7 Å². The molecule has 3 aromatic rings. The van der Waals surface area contributed by atoms with Crippen LogP contribution in [0.3, 0.4) is 0 Å². The van der Waals surface area contributed by atoms with Gasteiger partial charge in [-0.2, -0.15) is 10.5 Å². The van der Waals surface area contributed by atoms with Crippen molar-refractivity contribution in [3.05, 3.63) is 63.8 Å². The Bertz CT molecular complexity index is 1470. The standard InChI is InChI=1S/C28H27BrN4O4/c1-17(32-27(35)37-28(2,3)4)10-26(34)33-16-23(22-13-21(29)7-8-24(22)33)20(15-31)12-19-11-18(14-30)6-9-25(19)36-5/h6-9,11-13,16-17H,10H2,1-5H3,(H,32,35)/t17-/m0/s1. The molecule has 0 bridgehead atoms. The fraction of sp³-hybridized carbons (Fsp3) is 0.286. The number of nitrogens with one attached hydrogen (secondary N) is 1. The maximum atomic E-state index is 13.3. The maximum absolute atomic E-state index is 13.3. The number of rotatable bonds is 6. The quantitative estimate of drug-likeness (QED) is 0.352. The van der Waals surface area contributed by atoms with E-state index in [4.69, 9.17) is 9.47 Å². The molecule has 0 aliphatic heterocycles. The third-order valence-corrected chi connectivity index (χ3v) is 5.84. The summed E-state index contributed by atoms with van der Waals surface area (Å²) in [5, 5.41) is 22.7. The van der Waals surface area contributed by atoms with Crippen molar-refractivity contribution < 1.29 is 19.1 Å². The van der Waals surface area contributed by atoms with Crippen LogP contribution in [-0.2, 0) is 4.74 Å². The van der Waals surface area contributed by atoms with Gasteiger partial charge in [-0.3, -0.25) is 9.36 Å². The molecule has 1 aromatic heterocycles. The van der Waals surface area contributed by atoms with Gasteiger partial charge in [-0.05, 0) is 70.2 Å². The number of ether oxygens (including phenoxy) is 2. The van der Waals surface area contributed by atoms with Crippen molar-refractivity contribution in [2.75, 3.05) is 7.11 Å². The molecule has 1 amide bonds. The minimum absolute atomic E-state index is 0.0160. The van der Waals surface area contributed by atoms with Crippen LogP contribution < -0.4 is 10.1 Å². The van der Waals surface area contributed by atoms with E-state index in [1.165, 1.54) is 11.7 Å². The molecule has 2 aromatic carbocycles. The van der Waals surface area contributed by atoms with E-state index in [2.05, 4.69) is 33.4 Å². The van der Waals surface area contributed by atoms with Gasteiger partial charge in [-0.1, -0.05) is 15.9 Å². The van der Waals surface area contributed by atoms with Crippen molar-refractivity contribution >= 4 is 50.5 Å². The Morgan fingerprint density at radius 1 is 1.19 bits per heavy atom. The number of methoxy groups -OCH3 is 1. The molecule has 1 heterocycles. The zero-order chi connectivity index (χ0) is 27.3. The third-order valence-electron chi connectivity index (χ3n) is 5.35. The van der Waals surface area contributed by atoms with Gasteiger partial charge in [0.1, 0.15) is 11.4 Å². The molecule has 190 valence electrons. The van der Waals surface area contributed by atoms with Crippen LogP contribution in [0.2, 0.25) is 0 Å². The first-order valence-corrected chi connectivity index (χ1v) is 12.3. The normalized spacial score (nSPS) is 12.4. The highest BCUT2D eigenvalue weighted by atomic mass is 79.9. The number of fused-ring (bicyclic) bond motifs is 1. The van der Waals surface area contributed by atoms with Crippen molar-refractivity contribution in [3.63, 3.8) is 0 Å². The Morgan fingerprint density at radius 2 is 1.92 bits per heavy atom. The molecule has 0 saturated carbocycles. The average Bonchev–Trinajstić information content (AvgIpc) is 3.19. The predicted molar refractivity (Wildman–Crippen MR) is 145 cm³/mol. The van der Waals surface area contributed by atoms with Gasteiger partial charge in [-0.25, -0.2) is 4.79 Å². The van der Waals surface area contributed by atoms with Gasteiger partial charge >= 0.3 is 6.09 Å². The van der Waals surface area contributed by atoms with Crippen LogP contribution >= 0.6 is 15.9 Å². The lowest BCUT2D eigenvalue weighted by Crippen LogP contribution is -2.39. The van der Waals surface area contributed by atoms with Gasteiger partial charge in [0.25, 0.3) is 0 Å². The number of carbonyl (C=O) groups is 2. The Kier molecular flexibility index (Phi) is 8.42. The Hall–Kier alpha value is -4.08. The first-order chi connectivity index (χ1) is 17.4. The van der Waals surface area contributed by atoms with E-state index in [-0.39, 0.29) is 12.3 Å². The number of carbonyl (C=O) groups excluding carboxylic acids is 2. The molecule has 0 saturated heterocycles. The second-order valence-corrected chi connectivity index (χ2v) is 10.4. The van der Waals surface area contributed by atoms with Gasteiger partial charge in [0.2, 0.25) is 5.91 Å². The predicted octanol–water partition coefficient (Wildman–Crippen LogP) is 6.29. The molecule has 0 aliphatic rings. The number of amides is 1. The van der Waals surface area contributed by atoms with Gasteiger partial charge in [0, 0.05) is 39.6 Å². The molecule has 0 spiro atoms. The van der Waals surface area contributed by atoms with E-state index in [1.807, 2.05) is 12.1 Å². The van der Waals surface area contributed by atoms with Crippen molar-refractivity contribution in [2.45, 2.75) is 45.8 Å². The van der Waals surface area contributed by atoms with Gasteiger partial charge in [0.05, 0.1) is 35.9 Å². The maximum Gasteiger partial charge on any atom is 0.407 e. The van der Waals surface area contributed by atoms with E-state index in [1.54, 1.807) is 64.2 Å². The number of hydrogen-bond acceptors (Lipinski definition) is 6. The number of nitrogens with zero attached hydrogens (tertiary/aromatic N) is 3. The Labute approximate surface area is 224 Å². The number of allylic oxidation sites excluding steroid dienone is 1. The second kappa shape index (κ2) is 11.3. The van der Waals surface area contributed by atoms with Crippen molar-refractivity contribution in [2.24, 2.45) is 0 Å². The number of alkyl carbamates (subject to hydrolysis) is 1. The minimum atomic E-state index is -0.651. The molecule has 1 atom stereocenters. The van der Waals surface area contributed by atoms with Crippen LogP contribution in [0.5, 0.6) is 5.75 Å². The van der Waals surface area contributed by atoms with Crippen molar-refractivity contribution in [3.8, 4) is 17.9 Å². The molecule has 1 N–H and O–H groups in total. The minimum Gasteiger partial charge on any atom is -0.496 e. The Balaban J connectivity index is 2.01. The molecular formula is C28H27BrN4O4. The van der Waals surface area contributed by atoms with Crippen LogP contribution in [-0.4, -0.2) is 35.3 Å². The lowest BCUT2D eigenvalue weighted by Gasteiger charge is -2.21. The summed E-state index contributed by atoms with van der Waals surface area (Å²) in [5.74, 6) is 0.248. The monoisotopic (exact) mass is 562 g/mol. The lowest BCUT2D eigenvalue weighted by atomic mass is 10.0. The number of nitriles is 2. The van der Waals surface area contributed by atoms with Crippen LogP contribution in [0.25, 0.3) is 22.6 Å². The summed E-state index contributed by atoms with van der Waals surface area (Å²) in [6.45, 7) is 7.02. The van der Waals surface area contributed by atoms with Gasteiger partial charge in [-0.15, -0.1) is 0 Å². The highest BCUT2D eigenvalue weighted by Crippen LogP contribution is 2.33. The van der Waals surface area contributed by atoms with Crippen LogP contribution in [0, 0.1) is 22.7 Å². The zero-order valence-electron chi connectivity index (χ0n) is 21.3. The summed E-state index contributed by atoms with van der Waals surface area (Å²) in [7, 11) is 1.51. The fourth-order valence-electron chi connectivity index (χ4n) is 3.79. The molecule has 3 rings (SSSR count). The van der Waals surface area contributed by atoms with E-state index in [0.717, 1.165) is 4.47 Å². The van der Waals surface area contributed by atoms with Crippen LogP contribution in [0.15, 0.2) is 47.1 Å². The number of benzene rings is 2. The molecule has 0 radical (unpaired) electrons. The van der Waals surface area contributed by atoms with Crippen molar-refractivity contribution in [1.29, 1.82) is 10.5 Å². The summed E-state index contributed by atoms with van der Waals surface area (Å²) in [6.07, 6.45) is 2.67. The first kappa shape index (κ1) is 27.5. The summed E-state index contributed by atoms with van der Waals surface area (Å²) >= 11 is 3.47. The summed E-state index contributed by atoms with van der Waals surface area (Å²) in [5.41, 5.74) is 1.80. The molecule has 0 aliphatic carbocycles. The largest absolute Gasteiger partial charge is 0.496 e. The summed E-state index contributed by atoms with van der Waals surface area (Å²) in [4.78, 5) is 25.4. The fourth-order valence-corrected chi connectivity index (χ4v) is 4.15. The van der Waals surface area contributed by atoms with E-state index in [0.29, 0.717) is 38.9 Å². The van der Waals surface area contributed by atoms with Gasteiger partial charge in [0.15, 0.2) is 0 Å². The lowest BCUT2D eigenvalue weighted by molar-refractivity contribution is 0.0505. The number of aromatic nitrogens is 1. The summed E-state index contributed by atoms with van der Waals surface area (Å²) < 4.78 is 13.0. The first-order valence-electron chi connectivity index (χ1n) is 11.5. The highest BCUT2D eigenvalue weighted by Gasteiger charge is 2.22. The zero-order valence-corrected chi connectivity index (χ0v) is 22.8. The molecule has 37 heavy (non-hydrogen) atoms. The molecular weight excluding hydrogens is 536 g/mol. The number of hydrogen-bond donors (Lipinski definition) is 1. The van der Waals surface area contributed by atoms with Crippen LogP contribution in [0.4, 0.5) is 4.79 Å². The molecule has 8 nitrogen and oxygen atoms in total. The summed E-state index contributed by atoms with van der Waals surface area (Å²) in [6, 6.07) is 14.2. The number of halogens is 1. The smallest absolute Gasteiger partial charge is 0.407 e.